The highest BCUT2D eigenvalue weighted by Gasteiger charge is 2.24. The monoisotopic (exact) mass is 311 g/mol. The van der Waals surface area contributed by atoms with E-state index >= 15 is 0 Å². The van der Waals surface area contributed by atoms with Crippen LogP contribution in [0.2, 0.25) is 0 Å². The number of carboxylic acids is 1. The molecule has 0 saturated heterocycles. The van der Waals surface area contributed by atoms with Crippen molar-refractivity contribution in [3.05, 3.63) is 12.2 Å². The predicted octanol–water partition coefficient (Wildman–Crippen LogP) is 4.30. The number of hydrogen-bond donors (Lipinski definition) is 2. The quantitative estimate of drug-likeness (QED) is 0.394. The maximum Gasteiger partial charge on any atom is 0.326 e. The van der Waals surface area contributed by atoms with Crippen LogP contribution >= 0.6 is 0 Å². The lowest BCUT2D eigenvalue weighted by molar-refractivity contribution is -0.143. The average molecular weight is 311 g/mol. The summed E-state index contributed by atoms with van der Waals surface area (Å²) in [6.07, 6.45) is 13.3. The molecule has 22 heavy (non-hydrogen) atoms. The van der Waals surface area contributed by atoms with Gasteiger partial charge in [0.25, 0.3) is 0 Å². The summed E-state index contributed by atoms with van der Waals surface area (Å²) < 4.78 is 0. The zero-order valence-electron chi connectivity index (χ0n) is 14.4. The van der Waals surface area contributed by atoms with Gasteiger partial charge in [-0.15, -0.1) is 0 Å². The van der Waals surface area contributed by atoms with Gasteiger partial charge in [-0.2, -0.15) is 0 Å². The molecule has 0 bridgehead atoms. The summed E-state index contributed by atoms with van der Waals surface area (Å²) >= 11 is 0. The Morgan fingerprint density at radius 3 is 2.23 bits per heavy atom. The molecule has 2 unspecified atom stereocenters. The molecule has 0 aromatic rings. The average Bonchev–Trinajstić information content (AvgIpc) is 2.50. The molecule has 0 spiro atoms. The molecule has 0 radical (unpaired) electrons. The molecule has 4 heteroatoms. The predicted molar refractivity (Wildman–Crippen MR) is 90.8 cm³/mol. The zero-order chi connectivity index (χ0) is 16.8. The molecule has 0 aliphatic rings. The van der Waals surface area contributed by atoms with Gasteiger partial charge < -0.3 is 10.4 Å². The van der Waals surface area contributed by atoms with Crippen molar-refractivity contribution in [1.29, 1.82) is 0 Å². The van der Waals surface area contributed by atoms with Crippen LogP contribution in [0.25, 0.3) is 0 Å². The molecule has 0 heterocycles. The van der Waals surface area contributed by atoms with Crippen molar-refractivity contribution in [2.75, 3.05) is 0 Å². The molecule has 0 aliphatic carbocycles. The first-order valence-corrected chi connectivity index (χ1v) is 8.70. The summed E-state index contributed by atoms with van der Waals surface area (Å²) in [6.45, 7) is 5.98. The number of carbonyl (C=O) groups is 2. The summed E-state index contributed by atoms with van der Waals surface area (Å²) in [7, 11) is 0. The van der Waals surface area contributed by atoms with Crippen LogP contribution in [0.3, 0.4) is 0 Å². The molecule has 0 aromatic heterocycles. The van der Waals surface area contributed by atoms with Gasteiger partial charge in [-0.05, 0) is 31.6 Å². The van der Waals surface area contributed by atoms with Gasteiger partial charge in [-0.25, -0.2) is 4.79 Å². The Hall–Kier alpha value is -1.32. The maximum atomic E-state index is 11.8. The Kier molecular flexibility index (Phi) is 12.5. The van der Waals surface area contributed by atoms with E-state index in [0.717, 1.165) is 25.7 Å². The van der Waals surface area contributed by atoms with Crippen molar-refractivity contribution < 1.29 is 14.7 Å². The standard InChI is InChI=1S/C18H33NO3/c1-4-6-7-8-9-10-11-12-13-14-16(20)19-17(18(21)22)15(3)5-2/h10-11,15,17H,4-9,12-14H2,1-3H3,(H,19,20)(H,21,22). The van der Waals surface area contributed by atoms with Crippen molar-refractivity contribution in [2.45, 2.75) is 84.6 Å². The van der Waals surface area contributed by atoms with E-state index in [1.807, 2.05) is 13.8 Å². The first kappa shape index (κ1) is 20.7. The van der Waals surface area contributed by atoms with Crippen molar-refractivity contribution in [1.82, 2.24) is 5.32 Å². The number of aliphatic carboxylic acids is 1. The van der Waals surface area contributed by atoms with E-state index in [0.29, 0.717) is 6.42 Å². The van der Waals surface area contributed by atoms with Gasteiger partial charge in [0.05, 0.1) is 0 Å². The number of carboxylic acid groups (broad SMARTS) is 1. The third-order valence-electron chi connectivity index (χ3n) is 3.96. The van der Waals surface area contributed by atoms with Crippen LogP contribution in [-0.4, -0.2) is 23.0 Å². The fourth-order valence-electron chi connectivity index (χ4n) is 2.23. The maximum absolute atomic E-state index is 11.8. The lowest BCUT2D eigenvalue weighted by Gasteiger charge is -2.19. The highest BCUT2D eigenvalue weighted by Crippen LogP contribution is 2.09. The molecular formula is C18H33NO3. The fourth-order valence-corrected chi connectivity index (χ4v) is 2.23. The fraction of sp³-hybridized carbons (Fsp3) is 0.778. The van der Waals surface area contributed by atoms with Crippen LogP contribution in [0.1, 0.15) is 78.6 Å². The number of allylic oxidation sites excluding steroid dienone is 2. The van der Waals surface area contributed by atoms with Crippen LogP contribution in [0, 0.1) is 5.92 Å². The third-order valence-corrected chi connectivity index (χ3v) is 3.96. The minimum Gasteiger partial charge on any atom is -0.480 e. The van der Waals surface area contributed by atoms with Crippen LogP contribution in [0.4, 0.5) is 0 Å². The number of rotatable bonds is 13. The molecule has 4 nitrogen and oxygen atoms in total. The minimum absolute atomic E-state index is 0.0514. The first-order chi connectivity index (χ1) is 10.5. The van der Waals surface area contributed by atoms with Crippen LogP contribution in [0.5, 0.6) is 0 Å². The van der Waals surface area contributed by atoms with Gasteiger partial charge in [-0.3, -0.25) is 4.79 Å². The van der Waals surface area contributed by atoms with Gasteiger partial charge in [0.1, 0.15) is 6.04 Å². The number of amides is 1. The molecular weight excluding hydrogens is 278 g/mol. The smallest absolute Gasteiger partial charge is 0.326 e. The zero-order valence-corrected chi connectivity index (χ0v) is 14.4. The second kappa shape index (κ2) is 13.4. The molecule has 1 amide bonds. The Labute approximate surface area is 135 Å². The van der Waals surface area contributed by atoms with Crippen molar-refractivity contribution >= 4 is 11.9 Å². The summed E-state index contributed by atoms with van der Waals surface area (Å²) in [5.41, 5.74) is 0. The molecule has 128 valence electrons. The third kappa shape index (κ3) is 10.4. The minimum atomic E-state index is -0.949. The summed E-state index contributed by atoms with van der Waals surface area (Å²) in [6, 6.07) is -0.772. The van der Waals surface area contributed by atoms with E-state index in [9.17, 15) is 9.59 Å². The number of nitrogens with one attached hydrogen (secondary N) is 1. The van der Waals surface area contributed by atoms with E-state index in [4.69, 9.17) is 5.11 Å². The lowest BCUT2D eigenvalue weighted by atomic mass is 9.99. The lowest BCUT2D eigenvalue weighted by Crippen LogP contribution is -2.44. The van der Waals surface area contributed by atoms with Crippen molar-refractivity contribution in [3.63, 3.8) is 0 Å². The SMILES string of the molecule is CCCCCCC=CCCCC(=O)NC(C(=O)O)C(C)CC. The van der Waals surface area contributed by atoms with Gasteiger partial charge >= 0.3 is 5.97 Å². The van der Waals surface area contributed by atoms with E-state index in [2.05, 4.69) is 24.4 Å². The van der Waals surface area contributed by atoms with Crippen molar-refractivity contribution in [2.24, 2.45) is 5.92 Å². The van der Waals surface area contributed by atoms with Gasteiger partial charge in [0, 0.05) is 6.42 Å². The largest absolute Gasteiger partial charge is 0.480 e. The Morgan fingerprint density at radius 2 is 1.68 bits per heavy atom. The Morgan fingerprint density at radius 1 is 1.05 bits per heavy atom. The van der Waals surface area contributed by atoms with E-state index < -0.39 is 12.0 Å². The highest BCUT2D eigenvalue weighted by atomic mass is 16.4. The Bertz CT molecular complexity index is 339. The first-order valence-electron chi connectivity index (χ1n) is 8.70. The van der Waals surface area contributed by atoms with Crippen LogP contribution in [-0.2, 0) is 9.59 Å². The molecule has 0 rings (SSSR count). The van der Waals surface area contributed by atoms with E-state index in [-0.39, 0.29) is 11.8 Å². The second-order valence-corrected chi connectivity index (χ2v) is 5.98. The van der Waals surface area contributed by atoms with Crippen LogP contribution in [0.15, 0.2) is 12.2 Å². The number of unbranched alkanes of at least 4 members (excludes halogenated alkanes) is 5. The van der Waals surface area contributed by atoms with Gasteiger partial charge in [-0.1, -0.05) is 58.6 Å². The number of hydrogen-bond acceptors (Lipinski definition) is 2. The van der Waals surface area contributed by atoms with Crippen LogP contribution < -0.4 is 5.32 Å². The molecule has 0 aliphatic heterocycles. The second-order valence-electron chi connectivity index (χ2n) is 5.98. The summed E-state index contributed by atoms with van der Waals surface area (Å²) in [5.74, 6) is -1.16. The topological polar surface area (TPSA) is 66.4 Å². The van der Waals surface area contributed by atoms with E-state index in [1.54, 1.807) is 0 Å². The molecule has 2 atom stereocenters. The molecule has 0 saturated carbocycles. The molecule has 0 aromatic carbocycles. The Balaban J connectivity index is 3.80. The number of carbonyl (C=O) groups excluding carboxylic acids is 1. The van der Waals surface area contributed by atoms with Gasteiger partial charge in [0.15, 0.2) is 0 Å². The molecule has 2 N–H and O–H groups in total. The summed E-state index contributed by atoms with van der Waals surface area (Å²) in [4.78, 5) is 22.9. The highest BCUT2D eigenvalue weighted by molar-refractivity contribution is 5.83. The summed E-state index contributed by atoms with van der Waals surface area (Å²) in [5, 5.41) is 11.8. The normalized spacial score (nSPS) is 14.0. The van der Waals surface area contributed by atoms with Crippen molar-refractivity contribution in [3.8, 4) is 0 Å². The van der Waals surface area contributed by atoms with E-state index in [1.165, 1.54) is 25.7 Å². The van der Waals surface area contributed by atoms with Gasteiger partial charge in [0.2, 0.25) is 5.91 Å². The molecule has 0 fully saturated rings.